The average Bonchev–Trinajstić information content (AvgIpc) is 2.96. The van der Waals surface area contributed by atoms with Gasteiger partial charge in [0.25, 0.3) is 11.5 Å². The second-order valence-corrected chi connectivity index (χ2v) is 9.56. The zero-order valence-corrected chi connectivity index (χ0v) is 22.1. The molecule has 2 aromatic heterocycles. The number of halogens is 2. The molecule has 1 aliphatic rings. The number of hydrogen-bond acceptors (Lipinski definition) is 7. The molecule has 1 aliphatic heterocycles. The number of carbonyl (C=O) groups is 1. The highest BCUT2D eigenvalue weighted by Crippen LogP contribution is 2.31. The number of aromatic nitrogens is 3. The quantitative estimate of drug-likeness (QED) is 0.354. The molecule has 11 heteroatoms. The van der Waals surface area contributed by atoms with E-state index in [0.717, 1.165) is 36.7 Å². The van der Waals surface area contributed by atoms with Gasteiger partial charge < -0.3 is 20.7 Å². The van der Waals surface area contributed by atoms with Crippen LogP contribution in [0.15, 0.2) is 71.8 Å². The molecule has 9 nitrogen and oxygen atoms in total. The number of nitrogens with zero attached hydrogens (tertiary/aromatic N) is 4. The van der Waals surface area contributed by atoms with Gasteiger partial charge in [-0.25, -0.2) is 13.8 Å². The second-order valence-electron chi connectivity index (χ2n) is 9.56. The Hall–Kier alpha value is -5.08. The molecule has 41 heavy (non-hydrogen) atoms. The SMILES string of the molecule is CN1CCC(C#Cc2c(Oc3ccc(NC(=O)c4ccnn(-c5ccc(F)cc5)c4=O)cc3F)ccnc2N)CC1. The van der Waals surface area contributed by atoms with Gasteiger partial charge >= 0.3 is 0 Å². The van der Waals surface area contributed by atoms with Crippen molar-refractivity contribution in [1.29, 1.82) is 0 Å². The maximum absolute atomic E-state index is 15.1. The standard InChI is InChI=1S/C30H26F2N6O3/c1-37-16-12-19(13-17-37)2-8-23-26(11-14-34-28(23)33)41-27-9-5-21(18-25(27)32)36-29(39)24-10-15-35-38(30(24)40)22-6-3-20(31)4-7-22/h3-7,9-11,14-15,18-19H,12-13,16-17H2,1H3,(H2,33,34)(H,36,39). The summed E-state index contributed by atoms with van der Waals surface area (Å²) in [7, 11) is 2.07. The van der Waals surface area contributed by atoms with Crippen LogP contribution in [0.5, 0.6) is 11.5 Å². The number of amides is 1. The number of benzene rings is 2. The number of carbonyl (C=O) groups excluding carboxylic acids is 1. The van der Waals surface area contributed by atoms with Crippen molar-refractivity contribution in [3.8, 4) is 29.0 Å². The number of anilines is 2. The Morgan fingerprint density at radius 3 is 2.54 bits per heavy atom. The van der Waals surface area contributed by atoms with E-state index in [-0.39, 0.29) is 40.2 Å². The first-order valence-electron chi connectivity index (χ1n) is 12.9. The zero-order valence-electron chi connectivity index (χ0n) is 22.1. The summed E-state index contributed by atoms with van der Waals surface area (Å²) in [5.41, 5.74) is 5.86. The molecule has 0 radical (unpaired) electrons. The lowest BCUT2D eigenvalue weighted by atomic mass is 9.97. The minimum absolute atomic E-state index is 0.0981. The van der Waals surface area contributed by atoms with Crippen LogP contribution >= 0.6 is 0 Å². The lowest BCUT2D eigenvalue weighted by Crippen LogP contribution is -2.29. The van der Waals surface area contributed by atoms with Gasteiger partial charge in [0.05, 0.1) is 5.69 Å². The Kier molecular flexibility index (Phi) is 8.03. The van der Waals surface area contributed by atoms with Crippen LogP contribution in [0.3, 0.4) is 0 Å². The predicted molar refractivity (Wildman–Crippen MR) is 150 cm³/mol. The summed E-state index contributed by atoms with van der Waals surface area (Å²) >= 11 is 0. The lowest BCUT2D eigenvalue weighted by Gasteiger charge is -2.25. The summed E-state index contributed by atoms with van der Waals surface area (Å²) in [4.78, 5) is 32.1. The molecule has 208 valence electrons. The van der Waals surface area contributed by atoms with Crippen molar-refractivity contribution >= 4 is 17.4 Å². The molecule has 0 spiro atoms. The van der Waals surface area contributed by atoms with Crippen LogP contribution in [-0.4, -0.2) is 45.7 Å². The molecule has 0 bridgehead atoms. The highest BCUT2D eigenvalue weighted by Gasteiger charge is 2.18. The largest absolute Gasteiger partial charge is 0.453 e. The van der Waals surface area contributed by atoms with Gasteiger partial charge in [0.1, 0.15) is 28.5 Å². The molecule has 3 N–H and O–H groups in total. The second kappa shape index (κ2) is 12.0. The average molecular weight is 557 g/mol. The number of pyridine rings is 1. The van der Waals surface area contributed by atoms with E-state index in [4.69, 9.17) is 10.5 Å². The van der Waals surface area contributed by atoms with E-state index in [9.17, 15) is 14.0 Å². The fourth-order valence-electron chi connectivity index (χ4n) is 4.33. The van der Waals surface area contributed by atoms with Crippen LogP contribution in [0.4, 0.5) is 20.3 Å². The third-order valence-electron chi connectivity index (χ3n) is 6.63. The van der Waals surface area contributed by atoms with Gasteiger partial charge in [-0.15, -0.1) is 0 Å². The third-order valence-corrected chi connectivity index (χ3v) is 6.63. The van der Waals surface area contributed by atoms with Crippen LogP contribution in [0.25, 0.3) is 5.69 Å². The lowest BCUT2D eigenvalue weighted by molar-refractivity contribution is 0.102. The number of piperidine rings is 1. The smallest absolute Gasteiger partial charge is 0.284 e. The molecule has 0 unspecified atom stereocenters. The molecule has 1 amide bonds. The molecule has 5 rings (SSSR count). The number of hydrogen-bond donors (Lipinski definition) is 2. The van der Waals surface area contributed by atoms with E-state index < -0.39 is 23.1 Å². The first-order valence-corrected chi connectivity index (χ1v) is 12.9. The summed E-state index contributed by atoms with van der Waals surface area (Å²) < 4.78 is 35.1. The molecule has 1 saturated heterocycles. The van der Waals surface area contributed by atoms with E-state index in [1.165, 1.54) is 54.9 Å². The van der Waals surface area contributed by atoms with Crippen LogP contribution in [0.2, 0.25) is 0 Å². The van der Waals surface area contributed by atoms with Gasteiger partial charge in [-0.05, 0) is 75.4 Å². The molecule has 0 saturated carbocycles. The van der Waals surface area contributed by atoms with Crippen molar-refractivity contribution in [2.24, 2.45) is 5.92 Å². The minimum Gasteiger partial charge on any atom is -0.453 e. The van der Waals surface area contributed by atoms with Crippen LogP contribution < -0.4 is 21.3 Å². The van der Waals surface area contributed by atoms with Gasteiger partial charge in [-0.1, -0.05) is 11.8 Å². The summed E-state index contributed by atoms with van der Waals surface area (Å²) in [6.07, 6.45) is 4.61. The Morgan fingerprint density at radius 2 is 1.80 bits per heavy atom. The third kappa shape index (κ3) is 6.40. The monoisotopic (exact) mass is 556 g/mol. The van der Waals surface area contributed by atoms with Gasteiger partial charge in [0.2, 0.25) is 0 Å². The molecule has 1 fully saturated rings. The van der Waals surface area contributed by atoms with Crippen molar-refractivity contribution in [2.45, 2.75) is 12.8 Å². The first-order chi connectivity index (χ1) is 19.8. The summed E-state index contributed by atoms with van der Waals surface area (Å²) in [6, 6.07) is 11.7. The molecule has 4 aromatic rings. The summed E-state index contributed by atoms with van der Waals surface area (Å²) in [5, 5.41) is 6.46. The molecule has 2 aromatic carbocycles. The zero-order chi connectivity index (χ0) is 28.9. The van der Waals surface area contributed by atoms with Crippen molar-refractivity contribution < 1.29 is 18.3 Å². The Morgan fingerprint density at radius 1 is 1.05 bits per heavy atom. The van der Waals surface area contributed by atoms with E-state index >= 15 is 4.39 Å². The maximum Gasteiger partial charge on any atom is 0.284 e. The first kappa shape index (κ1) is 27.5. The van der Waals surface area contributed by atoms with Crippen LogP contribution in [-0.2, 0) is 0 Å². The van der Waals surface area contributed by atoms with Crippen molar-refractivity contribution in [3.63, 3.8) is 0 Å². The van der Waals surface area contributed by atoms with E-state index in [0.29, 0.717) is 5.56 Å². The van der Waals surface area contributed by atoms with E-state index in [1.54, 1.807) is 6.07 Å². The number of nitrogens with two attached hydrogens (primary N) is 1. The number of nitrogens with one attached hydrogen (secondary N) is 1. The molecule has 0 atom stereocenters. The number of rotatable bonds is 5. The highest BCUT2D eigenvalue weighted by molar-refractivity contribution is 6.04. The number of nitrogen functional groups attached to an aromatic ring is 1. The highest BCUT2D eigenvalue weighted by atomic mass is 19.1. The maximum atomic E-state index is 15.1. The molecule has 3 heterocycles. The fraction of sp³-hybridized carbons (Fsp3) is 0.200. The molecule has 0 aliphatic carbocycles. The molecular formula is C30H26F2N6O3. The Labute approximate surface area is 234 Å². The fourth-order valence-corrected chi connectivity index (χ4v) is 4.33. The van der Waals surface area contributed by atoms with Crippen molar-refractivity contribution in [2.75, 3.05) is 31.2 Å². The number of likely N-dealkylation sites (tertiary alicyclic amines) is 1. The van der Waals surface area contributed by atoms with Crippen LogP contribution in [0.1, 0.15) is 28.8 Å². The normalized spacial score (nSPS) is 13.7. The Balaban J connectivity index is 1.32. The summed E-state index contributed by atoms with van der Waals surface area (Å²) in [5.74, 6) is 4.85. The van der Waals surface area contributed by atoms with Crippen LogP contribution in [0, 0.1) is 29.4 Å². The number of ether oxygens (including phenoxy) is 1. The molecular weight excluding hydrogens is 530 g/mol. The summed E-state index contributed by atoms with van der Waals surface area (Å²) in [6.45, 7) is 1.93. The topological polar surface area (TPSA) is 115 Å². The van der Waals surface area contributed by atoms with Crippen molar-refractivity contribution in [1.82, 2.24) is 19.7 Å². The van der Waals surface area contributed by atoms with E-state index in [2.05, 4.69) is 39.2 Å². The van der Waals surface area contributed by atoms with Gasteiger partial charge in [0, 0.05) is 36.1 Å². The Bertz CT molecular complexity index is 1700. The van der Waals surface area contributed by atoms with E-state index in [1.807, 2.05) is 0 Å². The van der Waals surface area contributed by atoms with Gasteiger partial charge in [-0.3, -0.25) is 9.59 Å². The van der Waals surface area contributed by atoms with Crippen molar-refractivity contribution in [3.05, 3.63) is 100 Å². The van der Waals surface area contributed by atoms with Gasteiger partial charge in [-0.2, -0.15) is 9.78 Å². The predicted octanol–water partition coefficient (Wildman–Crippen LogP) is 4.23. The van der Waals surface area contributed by atoms with Gasteiger partial charge in [0.15, 0.2) is 11.6 Å². The minimum atomic E-state index is -0.769.